The summed E-state index contributed by atoms with van der Waals surface area (Å²) < 4.78 is 15.6. The Morgan fingerprint density at radius 3 is 1.53 bits per heavy atom. The van der Waals surface area contributed by atoms with Crippen LogP contribution in [0.1, 0.15) is 12.8 Å². The Hall–Kier alpha value is -0.480. The Morgan fingerprint density at radius 2 is 1.29 bits per heavy atom. The summed E-state index contributed by atoms with van der Waals surface area (Å²) in [6, 6.07) is 0. The van der Waals surface area contributed by atoms with Crippen LogP contribution >= 0.6 is 23.2 Å². The Morgan fingerprint density at radius 1 is 1.00 bits per heavy atom. The van der Waals surface area contributed by atoms with E-state index >= 15 is 0 Å². The third-order valence-corrected chi connectivity index (χ3v) is 2.00. The van der Waals surface area contributed by atoms with Crippen LogP contribution in [0.2, 0.25) is 0 Å². The van der Waals surface area contributed by atoms with Crippen LogP contribution in [0.4, 0.5) is 0 Å². The minimum Gasteiger partial charge on any atom is -0.467 e. The van der Waals surface area contributed by atoms with Gasteiger partial charge >= 0.3 is 0 Å². The van der Waals surface area contributed by atoms with Gasteiger partial charge in [0, 0.05) is 12.8 Å². The lowest BCUT2D eigenvalue weighted by Gasteiger charge is -2.08. The molecule has 0 radical (unpaired) electrons. The number of rotatable bonds is 6. The zero-order chi connectivity index (χ0) is 12.8. The van der Waals surface area contributed by atoms with Gasteiger partial charge < -0.3 is 14.2 Å². The van der Waals surface area contributed by atoms with Gasteiger partial charge in [0.05, 0.1) is 41.4 Å². The van der Waals surface area contributed by atoms with Crippen molar-refractivity contribution in [3.05, 3.63) is 35.7 Å². The highest BCUT2D eigenvalue weighted by molar-refractivity contribution is 6.55. The summed E-state index contributed by atoms with van der Waals surface area (Å²) in [6.07, 6.45) is 2.23. The molecule has 3 nitrogen and oxygen atoms in total. The maximum atomic E-state index is 5.40. The second-order valence-corrected chi connectivity index (χ2v) is 4.94. The molecule has 5 heteroatoms. The van der Waals surface area contributed by atoms with Crippen molar-refractivity contribution in [2.75, 3.05) is 13.2 Å². The van der Waals surface area contributed by atoms with E-state index in [4.69, 9.17) is 37.4 Å². The second kappa shape index (κ2) is 7.07. The van der Waals surface area contributed by atoms with Crippen LogP contribution < -0.4 is 0 Å². The SMILES string of the molecule is C=C(CC1CO1)OC(=C)CC1CO1.C=C(Cl)Cl. The van der Waals surface area contributed by atoms with E-state index in [1.807, 2.05) is 0 Å². The van der Waals surface area contributed by atoms with Crippen molar-refractivity contribution in [2.45, 2.75) is 25.0 Å². The van der Waals surface area contributed by atoms with Gasteiger partial charge in [0.25, 0.3) is 0 Å². The zero-order valence-corrected chi connectivity index (χ0v) is 11.1. The van der Waals surface area contributed by atoms with Crippen molar-refractivity contribution >= 4 is 23.2 Å². The van der Waals surface area contributed by atoms with Gasteiger partial charge in [-0.2, -0.15) is 0 Å². The lowest BCUT2D eigenvalue weighted by molar-refractivity contribution is 0.256. The Labute approximate surface area is 112 Å². The molecule has 0 bridgehead atoms. The summed E-state index contributed by atoms with van der Waals surface area (Å²) in [7, 11) is 0. The molecule has 0 amide bonds. The predicted molar refractivity (Wildman–Crippen MR) is 68.9 cm³/mol. The van der Waals surface area contributed by atoms with Crippen molar-refractivity contribution in [3.63, 3.8) is 0 Å². The third kappa shape index (κ3) is 9.24. The van der Waals surface area contributed by atoms with Crippen LogP contribution in [0.15, 0.2) is 35.7 Å². The van der Waals surface area contributed by atoms with Crippen LogP contribution in [0, 0.1) is 0 Å². The van der Waals surface area contributed by atoms with Crippen molar-refractivity contribution in [1.29, 1.82) is 0 Å². The van der Waals surface area contributed by atoms with E-state index in [9.17, 15) is 0 Å². The van der Waals surface area contributed by atoms with E-state index in [0.29, 0.717) is 12.2 Å². The van der Waals surface area contributed by atoms with E-state index in [2.05, 4.69) is 19.7 Å². The minimum atomic E-state index is 0.111. The lowest BCUT2D eigenvalue weighted by atomic mass is 10.3. The Kier molecular flexibility index (Phi) is 6.06. The Balaban J connectivity index is 0.000000317. The number of ether oxygens (including phenoxy) is 3. The quantitative estimate of drug-likeness (QED) is 0.551. The lowest BCUT2D eigenvalue weighted by Crippen LogP contribution is -1.97. The first-order chi connectivity index (χ1) is 7.97. The van der Waals surface area contributed by atoms with Gasteiger partial charge in [-0.3, -0.25) is 0 Å². The molecule has 0 aromatic heterocycles. The molecule has 2 atom stereocenters. The standard InChI is InChI=1S/C10H14O3.C2H2Cl2/c1-7(3-9-5-11-9)13-8(2)4-10-6-12-10;1-2(3)4/h9-10H,1-6H2;1H2. The predicted octanol–water partition coefficient (Wildman–Crippen LogP) is 3.54. The first kappa shape index (κ1) is 14.6. The second-order valence-electron chi connectivity index (χ2n) is 3.84. The van der Waals surface area contributed by atoms with Crippen LogP contribution in [0.25, 0.3) is 0 Å². The average Bonchev–Trinajstić information content (AvgIpc) is 2.98. The molecule has 2 unspecified atom stereocenters. The van der Waals surface area contributed by atoms with E-state index in [-0.39, 0.29) is 4.49 Å². The average molecular weight is 279 g/mol. The van der Waals surface area contributed by atoms with Gasteiger partial charge in [-0.25, -0.2) is 0 Å². The van der Waals surface area contributed by atoms with Crippen LogP contribution in [-0.4, -0.2) is 25.4 Å². The fourth-order valence-electron chi connectivity index (χ4n) is 1.17. The van der Waals surface area contributed by atoms with Crippen molar-refractivity contribution in [1.82, 2.24) is 0 Å². The normalized spacial score (nSPS) is 24.1. The monoisotopic (exact) mass is 278 g/mol. The number of hydrogen-bond acceptors (Lipinski definition) is 3. The molecule has 2 fully saturated rings. The molecule has 96 valence electrons. The van der Waals surface area contributed by atoms with E-state index in [1.165, 1.54) is 0 Å². The fourth-order valence-corrected chi connectivity index (χ4v) is 1.17. The summed E-state index contributed by atoms with van der Waals surface area (Å²) in [4.78, 5) is 0. The van der Waals surface area contributed by atoms with Crippen LogP contribution in [-0.2, 0) is 14.2 Å². The molecule has 0 aromatic rings. The summed E-state index contributed by atoms with van der Waals surface area (Å²) in [5, 5.41) is 0. The van der Waals surface area contributed by atoms with Gasteiger partial charge in [-0.1, -0.05) is 42.9 Å². The third-order valence-electron chi connectivity index (χ3n) is 2.00. The van der Waals surface area contributed by atoms with Gasteiger partial charge in [-0.15, -0.1) is 0 Å². The first-order valence-electron chi connectivity index (χ1n) is 5.24. The van der Waals surface area contributed by atoms with E-state index in [1.54, 1.807) is 0 Å². The minimum absolute atomic E-state index is 0.111. The number of epoxide rings is 2. The molecule has 2 aliphatic rings. The fraction of sp³-hybridized carbons (Fsp3) is 0.500. The molecule has 2 saturated heterocycles. The highest BCUT2D eigenvalue weighted by Crippen LogP contribution is 2.24. The highest BCUT2D eigenvalue weighted by atomic mass is 35.5. The summed E-state index contributed by atoms with van der Waals surface area (Å²) in [5.41, 5.74) is 0. The molecule has 2 rings (SSSR count). The van der Waals surface area contributed by atoms with E-state index in [0.717, 1.165) is 37.6 Å². The zero-order valence-electron chi connectivity index (χ0n) is 9.59. The molecule has 0 aliphatic carbocycles. The maximum Gasteiger partial charge on any atom is 0.0992 e. The molecular formula is C12H16Cl2O3. The molecule has 0 saturated carbocycles. The van der Waals surface area contributed by atoms with Gasteiger partial charge in [-0.05, 0) is 0 Å². The topological polar surface area (TPSA) is 34.3 Å². The first-order valence-corrected chi connectivity index (χ1v) is 5.99. The summed E-state index contributed by atoms with van der Waals surface area (Å²) >= 11 is 9.69. The van der Waals surface area contributed by atoms with Crippen molar-refractivity contribution < 1.29 is 14.2 Å². The van der Waals surface area contributed by atoms with E-state index < -0.39 is 0 Å². The highest BCUT2D eigenvalue weighted by Gasteiger charge is 2.26. The number of hydrogen-bond donors (Lipinski definition) is 0. The van der Waals surface area contributed by atoms with Gasteiger partial charge in [0.2, 0.25) is 0 Å². The molecule has 17 heavy (non-hydrogen) atoms. The molecule has 0 N–H and O–H groups in total. The largest absolute Gasteiger partial charge is 0.467 e. The smallest absolute Gasteiger partial charge is 0.0992 e. The molecule has 0 aromatic carbocycles. The van der Waals surface area contributed by atoms with Gasteiger partial charge in [0.15, 0.2) is 0 Å². The van der Waals surface area contributed by atoms with Crippen LogP contribution in [0.5, 0.6) is 0 Å². The summed E-state index contributed by atoms with van der Waals surface area (Å²) in [6.45, 7) is 12.4. The molecular weight excluding hydrogens is 263 g/mol. The van der Waals surface area contributed by atoms with Crippen molar-refractivity contribution in [2.24, 2.45) is 0 Å². The molecule has 2 heterocycles. The maximum absolute atomic E-state index is 5.40. The Bertz CT molecular complexity index is 279. The number of halogens is 2. The molecule has 0 spiro atoms. The van der Waals surface area contributed by atoms with Crippen LogP contribution in [0.3, 0.4) is 0 Å². The van der Waals surface area contributed by atoms with Crippen molar-refractivity contribution in [3.8, 4) is 0 Å². The molecule has 2 aliphatic heterocycles. The summed E-state index contributed by atoms with van der Waals surface area (Å²) in [5.74, 6) is 1.49. The van der Waals surface area contributed by atoms with Gasteiger partial charge in [0.1, 0.15) is 0 Å².